The minimum Gasteiger partial charge on any atom is -0.465 e. The second kappa shape index (κ2) is 7.83. The standard InChI is InChI=1S/C17H19N3O2/c1-22-16(21)14-9-7-13(8-10-14)11-12-19-17(18)20-15-5-3-2-4-6-15/h2-10H,11-12H2,1H3,(H3,18,19,20). The number of nitrogens with zero attached hydrogens (tertiary/aromatic N) is 1. The van der Waals surface area contributed by atoms with E-state index in [-0.39, 0.29) is 5.97 Å². The van der Waals surface area contributed by atoms with Gasteiger partial charge in [0, 0.05) is 12.2 Å². The molecule has 2 rings (SSSR count). The number of rotatable bonds is 5. The van der Waals surface area contributed by atoms with E-state index in [1.54, 1.807) is 12.1 Å². The molecule has 0 spiro atoms. The van der Waals surface area contributed by atoms with Crippen molar-refractivity contribution in [3.05, 3.63) is 65.7 Å². The first-order valence-corrected chi connectivity index (χ1v) is 6.98. The van der Waals surface area contributed by atoms with Gasteiger partial charge in [0.15, 0.2) is 5.96 Å². The lowest BCUT2D eigenvalue weighted by molar-refractivity contribution is 0.0600. The van der Waals surface area contributed by atoms with Crippen molar-refractivity contribution in [2.75, 3.05) is 19.0 Å². The highest BCUT2D eigenvalue weighted by Crippen LogP contribution is 2.07. The minimum absolute atomic E-state index is 0.333. The van der Waals surface area contributed by atoms with Crippen LogP contribution in [-0.4, -0.2) is 25.6 Å². The number of nitrogens with one attached hydrogen (secondary N) is 1. The first-order valence-electron chi connectivity index (χ1n) is 6.98. The van der Waals surface area contributed by atoms with Crippen LogP contribution in [0.4, 0.5) is 5.69 Å². The van der Waals surface area contributed by atoms with E-state index in [0.29, 0.717) is 18.1 Å². The summed E-state index contributed by atoms with van der Waals surface area (Å²) < 4.78 is 4.66. The summed E-state index contributed by atoms with van der Waals surface area (Å²) in [6, 6.07) is 16.9. The third kappa shape index (κ3) is 4.63. The molecule has 5 nitrogen and oxygen atoms in total. The molecule has 0 bridgehead atoms. The second-order valence-corrected chi connectivity index (χ2v) is 4.70. The second-order valence-electron chi connectivity index (χ2n) is 4.70. The highest BCUT2D eigenvalue weighted by molar-refractivity contribution is 5.92. The summed E-state index contributed by atoms with van der Waals surface area (Å²) >= 11 is 0. The summed E-state index contributed by atoms with van der Waals surface area (Å²) in [6.07, 6.45) is 0.749. The van der Waals surface area contributed by atoms with E-state index in [9.17, 15) is 4.79 Å². The number of nitrogens with two attached hydrogens (primary N) is 1. The molecule has 2 aromatic carbocycles. The highest BCUT2D eigenvalue weighted by Gasteiger charge is 2.04. The van der Waals surface area contributed by atoms with Crippen LogP contribution in [0.1, 0.15) is 15.9 Å². The van der Waals surface area contributed by atoms with Crippen molar-refractivity contribution in [1.82, 2.24) is 0 Å². The zero-order valence-electron chi connectivity index (χ0n) is 12.5. The van der Waals surface area contributed by atoms with Gasteiger partial charge >= 0.3 is 5.97 Å². The molecule has 2 aromatic rings. The first-order chi connectivity index (χ1) is 10.7. The van der Waals surface area contributed by atoms with Crippen molar-refractivity contribution in [3.63, 3.8) is 0 Å². The molecule has 0 aliphatic rings. The molecule has 0 fully saturated rings. The normalized spacial score (nSPS) is 11.0. The van der Waals surface area contributed by atoms with Gasteiger partial charge in [-0.25, -0.2) is 4.79 Å². The number of aliphatic imine (C=N–C) groups is 1. The Kier molecular flexibility index (Phi) is 5.54. The van der Waals surface area contributed by atoms with Gasteiger partial charge < -0.3 is 15.8 Å². The summed E-state index contributed by atoms with van der Waals surface area (Å²) in [4.78, 5) is 15.6. The average molecular weight is 297 g/mol. The van der Waals surface area contributed by atoms with Gasteiger partial charge in [0.2, 0.25) is 0 Å². The maximum absolute atomic E-state index is 11.3. The van der Waals surface area contributed by atoms with Crippen LogP contribution in [0.3, 0.4) is 0 Å². The molecule has 0 aromatic heterocycles. The van der Waals surface area contributed by atoms with Crippen molar-refractivity contribution < 1.29 is 9.53 Å². The Bertz CT molecular complexity index is 637. The van der Waals surface area contributed by atoms with E-state index in [2.05, 4.69) is 15.0 Å². The number of hydrogen-bond acceptors (Lipinski definition) is 3. The number of ether oxygens (including phenoxy) is 1. The lowest BCUT2D eigenvalue weighted by Crippen LogP contribution is -2.23. The van der Waals surface area contributed by atoms with Gasteiger partial charge in [-0.3, -0.25) is 4.99 Å². The van der Waals surface area contributed by atoms with Crippen molar-refractivity contribution in [2.45, 2.75) is 6.42 Å². The molecule has 0 atom stereocenters. The summed E-state index contributed by atoms with van der Waals surface area (Å²) in [6.45, 7) is 0.573. The number of benzene rings is 2. The number of esters is 1. The molecule has 114 valence electrons. The maximum Gasteiger partial charge on any atom is 0.337 e. The van der Waals surface area contributed by atoms with E-state index in [1.807, 2.05) is 42.5 Å². The van der Waals surface area contributed by atoms with E-state index in [1.165, 1.54) is 7.11 Å². The van der Waals surface area contributed by atoms with E-state index in [0.717, 1.165) is 17.7 Å². The monoisotopic (exact) mass is 297 g/mol. The van der Waals surface area contributed by atoms with Crippen molar-refractivity contribution in [3.8, 4) is 0 Å². The lowest BCUT2D eigenvalue weighted by atomic mass is 10.1. The van der Waals surface area contributed by atoms with Gasteiger partial charge in [-0.15, -0.1) is 0 Å². The highest BCUT2D eigenvalue weighted by atomic mass is 16.5. The predicted octanol–water partition coefficient (Wildman–Crippen LogP) is 2.44. The molecule has 0 radical (unpaired) electrons. The largest absolute Gasteiger partial charge is 0.465 e. The Labute approximate surface area is 129 Å². The molecule has 0 heterocycles. The Balaban J connectivity index is 1.85. The zero-order valence-corrected chi connectivity index (χ0v) is 12.5. The number of anilines is 1. The fraction of sp³-hybridized carbons (Fsp3) is 0.176. The molecule has 5 heteroatoms. The Morgan fingerprint density at radius 2 is 1.82 bits per heavy atom. The van der Waals surface area contributed by atoms with Gasteiger partial charge in [-0.2, -0.15) is 0 Å². The molecule has 0 unspecified atom stereocenters. The molecule has 0 aliphatic heterocycles. The van der Waals surface area contributed by atoms with E-state index >= 15 is 0 Å². The van der Waals surface area contributed by atoms with Gasteiger partial charge in [-0.05, 0) is 36.2 Å². The molecule has 0 aliphatic carbocycles. The van der Waals surface area contributed by atoms with E-state index < -0.39 is 0 Å². The molecule has 0 saturated carbocycles. The van der Waals surface area contributed by atoms with Gasteiger partial charge in [-0.1, -0.05) is 30.3 Å². The lowest BCUT2D eigenvalue weighted by Gasteiger charge is -2.05. The molecule has 0 saturated heterocycles. The summed E-state index contributed by atoms with van der Waals surface area (Å²) in [7, 11) is 1.37. The van der Waals surface area contributed by atoms with Crippen LogP contribution in [0.5, 0.6) is 0 Å². The van der Waals surface area contributed by atoms with E-state index in [4.69, 9.17) is 5.73 Å². The number of carbonyl (C=O) groups excluding carboxylic acids is 1. The van der Waals surface area contributed by atoms with Crippen LogP contribution in [0.2, 0.25) is 0 Å². The number of para-hydroxylation sites is 1. The van der Waals surface area contributed by atoms with Crippen LogP contribution >= 0.6 is 0 Å². The van der Waals surface area contributed by atoms with Gasteiger partial charge in [0.05, 0.1) is 12.7 Å². The molecular weight excluding hydrogens is 278 g/mol. The van der Waals surface area contributed by atoms with Crippen LogP contribution in [-0.2, 0) is 11.2 Å². The zero-order chi connectivity index (χ0) is 15.8. The van der Waals surface area contributed by atoms with Crippen molar-refractivity contribution >= 4 is 17.6 Å². The van der Waals surface area contributed by atoms with Gasteiger partial charge in [0.25, 0.3) is 0 Å². The quantitative estimate of drug-likeness (QED) is 0.505. The first kappa shape index (κ1) is 15.6. The van der Waals surface area contributed by atoms with Gasteiger partial charge in [0.1, 0.15) is 0 Å². The molecule has 0 amide bonds. The van der Waals surface area contributed by atoms with Crippen molar-refractivity contribution in [2.24, 2.45) is 10.7 Å². The number of guanidine groups is 1. The third-order valence-electron chi connectivity index (χ3n) is 3.10. The average Bonchev–Trinajstić information content (AvgIpc) is 2.55. The SMILES string of the molecule is COC(=O)c1ccc(CCN=C(N)Nc2ccccc2)cc1. The Morgan fingerprint density at radius 1 is 1.14 bits per heavy atom. The smallest absolute Gasteiger partial charge is 0.337 e. The summed E-state index contributed by atoms with van der Waals surface area (Å²) in [5, 5.41) is 3.03. The predicted molar refractivity (Wildman–Crippen MR) is 88.0 cm³/mol. The molecule has 22 heavy (non-hydrogen) atoms. The minimum atomic E-state index is -0.333. The fourth-order valence-corrected chi connectivity index (χ4v) is 1.94. The number of methoxy groups -OCH3 is 1. The fourth-order valence-electron chi connectivity index (χ4n) is 1.94. The number of carbonyl (C=O) groups is 1. The topological polar surface area (TPSA) is 76.7 Å². The third-order valence-corrected chi connectivity index (χ3v) is 3.10. The Hall–Kier alpha value is -2.82. The number of hydrogen-bond donors (Lipinski definition) is 2. The van der Waals surface area contributed by atoms with Crippen LogP contribution in [0.25, 0.3) is 0 Å². The van der Waals surface area contributed by atoms with Crippen LogP contribution < -0.4 is 11.1 Å². The Morgan fingerprint density at radius 3 is 2.45 bits per heavy atom. The molecule has 3 N–H and O–H groups in total. The summed E-state index contributed by atoms with van der Waals surface area (Å²) in [5.41, 5.74) is 8.37. The molecular formula is C17H19N3O2. The van der Waals surface area contributed by atoms with Crippen LogP contribution in [0.15, 0.2) is 59.6 Å². The van der Waals surface area contributed by atoms with Crippen LogP contribution in [0, 0.1) is 0 Å². The van der Waals surface area contributed by atoms with Crippen molar-refractivity contribution in [1.29, 1.82) is 0 Å². The maximum atomic E-state index is 11.3. The summed E-state index contributed by atoms with van der Waals surface area (Å²) in [5.74, 6) is 0.0539.